The van der Waals surface area contributed by atoms with Gasteiger partial charge in [0.2, 0.25) is 0 Å². The SMILES string of the molecule is C=C(C)C(O)c1cc(C)c(F)cc1F. The van der Waals surface area contributed by atoms with E-state index in [0.29, 0.717) is 11.1 Å². The number of hydrogen-bond acceptors (Lipinski definition) is 1. The molecule has 0 saturated heterocycles. The molecular weight excluding hydrogens is 186 g/mol. The van der Waals surface area contributed by atoms with Gasteiger partial charge in [-0.3, -0.25) is 0 Å². The second-order valence-electron chi connectivity index (χ2n) is 3.37. The van der Waals surface area contributed by atoms with Crippen molar-refractivity contribution in [3.63, 3.8) is 0 Å². The minimum Gasteiger partial charge on any atom is -0.384 e. The summed E-state index contributed by atoms with van der Waals surface area (Å²) in [4.78, 5) is 0. The smallest absolute Gasteiger partial charge is 0.132 e. The summed E-state index contributed by atoms with van der Waals surface area (Å²) in [5.41, 5.74) is 0.799. The van der Waals surface area contributed by atoms with Crippen LogP contribution >= 0.6 is 0 Å². The Kier molecular flexibility index (Phi) is 3.01. The number of halogens is 2. The molecule has 0 saturated carbocycles. The van der Waals surface area contributed by atoms with E-state index in [9.17, 15) is 13.9 Å². The van der Waals surface area contributed by atoms with Gasteiger partial charge in [0.15, 0.2) is 0 Å². The Morgan fingerprint density at radius 1 is 1.36 bits per heavy atom. The molecule has 1 rings (SSSR count). The molecule has 0 aliphatic carbocycles. The van der Waals surface area contributed by atoms with Crippen molar-refractivity contribution in [3.8, 4) is 0 Å². The molecule has 0 aliphatic rings. The zero-order valence-electron chi connectivity index (χ0n) is 8.14. The summed E-state index contributed by atoms with van der Waals surface area (Å²) >= 11 is 0. The van der Waals surface area contributed by atoms with Gasteiger partial charge in [-0.2, -0.15) is 0 Å². The minimum absolute atomic E-state index is 0.0661. The maximum atomic E-state index is 13.2. The predicted molar refractivity (Wildman–Crippen MR) is 50.9 cm³/mol. The van der Waals surface area contributed by atoms with Crippen molar-refractivity contribution in [1.29, 1.82) is 0 Å². The highest BCUT2D eigenvalue weighted by Gasteiger charge is 2.15. The van der Waals surface area contributed by atoms with E-state index in [1.807, 2.05) is 0 Å². The highest BCUT2D eigenvalue weighted by molar-refractivity contribution is 5.30. The van der Waals surface area contributed by atoms with Crippen molar-refractivity contribution < 1.29 is 13.9 Å². The third-order valence-corrected chi connectivity index (χ3v) is 2.04. The zero-order chi connectivity index (χ0) is 10.9. The van der Waals surface area contributed by atoms with Gasteiger partial charge in [-0.1, -0.05) is 6.58 Å². The molecule has 1 aromatic rings. The quantitative estimate of drug-likeness (QED) is 0.724. The Morgan fingerprint density at radius 2 is 1.93 bits per heavy atom. The average Bonchev–Trinajstić information content (AvgIpc) is 2.10. The molecule has 0 aromatic heterocycles. The van der Waals surface area contributed by atoms with E-state index in [4.69, 9.17) is 0 Å². The van der Waals surface area contributed by atoms with Crippen LogP contribution in [0.5, 0.6) is 0 Å². The topological polar surface area (TPSA) is 20.2 Å². The van der Waals surface area contributed by atoms with Crippen LogP contribution in [-0.4, -0.2) is 5.11 Å². The van der Waals surface area contributed by atoms with E-state index in [2.05, 4.69) is 6.58 Å². The molecule has 76 valence electrons. The fourth-order valence-electron chi connectivity index (χ4n) is 1.15. The first-order chi connectivity index (χ1) is 6.43. The first-order valence-corrected chi connectivity index (χ1v) is 4.22. The van der Waals surface area contributed by atoms with E-state index >= 15 is 0 Å². The van der Waals surface area contributed by atoms with Gasteiger partial charge in [-0.25, -0.2) is 8.78 Å². The molecule has 1 unspecified atom stereocenters. The van der Waals surface area contributed by atoms with Crippen LogP contribution in [0.3, 0.4) is 0 Å². The summed E-state index contributed by atoms with van der Waals surface area (Å²) in [5.74, 6) is -1.36. The van der Waals surface area contributed by atoms with Gasteiger partial charge in [0.05, 0.1) is 0 Å². The molecule has 1 atom stereocenters. The third kappa shape index (κ3) is 1.99. The van der Waals surface area contributed by atoms with Gasteiger partial charge in [0.1, 0.15) is 17.7 Å². The van der Waals surface area contributed by atoms with E-state index < -0.39 is 17.7 Å². The Morgan fingerprint density at radius 3 is 2.43 bits per heavy atom. The van der Waals surface area contributed by atoms with Crippen molar-refractivity contribution >= 4 is 0 Å². The lowest BCUT2D eigenvalue weighted by Crippen LogP contribution is -2.03. The first kappa shape index (κ1) is 10.9. The molecule has 0 spiro atoms. The number of rotatable bonds is 2. The minimum atomic E-state index is -1.07. The van der Waals surface area contributed by atoms with Crippen molar-refractivity contribution in [2.45, 2.75) is 20.0 Å². The van der Waals surface area contributed by atoms with E-state index in [1.54, 1.807) is 6.92 Å². The maximum Gasteiger partial charge on any atom is 0.132 e. The predicted octanol–water partition coefficient (Wildman–Crippen LogP) is 2.88. The Balaban J connectivity index is 3.22. The number of hydrogen-bond donors (Lipinski definition) is 1. The van der Waals surface area contributed by atoms with Crippen LogP contribution in [0.25, 0.3) is 0 Å². The third-order valence-electron chi connectivity index (χ3n) is 2.04. The van der Waals surface area contributed by atoms with Crippen molar-refractivity contribution in [2.24, 2.45) is 0 Å². The van der Waals surface area contributed by atoms with Crippen LogP contribution in [0.1, 0.15) is 24.2 Å². The van der Waals surface area contributed by atoms with Crippen LogP contribution in [0, 0.1) is 18.6 Å². The van der Waals surface area contributed by atoms with Crippen LogP contribution in [0.15, 0.2) is 24.3 Å². The van der Waals surface area contributed by atoms with Gasteiger partial charge >= 0.3 is 0 Å². The molecule has 0 amide bonds. The summed E-state index contributed by atoms with van der Waals surface area (Å²) in [6, 6.07) is 2.07. The Labute approximate surface area is 81.7 Å². The maximum absolute atomic E-state index is 13.2. The largest absolute Gasteiger partial charge is 0.384 e. The van der Waals surface area contributed by atoms with Gasteiger partial charge in [0, 0.05) is 11.6 Å². The van der Waals surface area contributed by atoms with Crippen molar-refractivity contribution in [2.75, 3.05) is 0 Å². The Bertz CT molecular complexity index is 372. The summed E-state index contributed by atoms with van der Waals surface area (Å²) in [5, 5.41) is 9.53. The van der Waals surface area contributed by atoms with Crippen LogP contribution in [-0.2, 0) is 0 Å². The van der Waals surface area contributed by atoms with Gasteiger partial charge < -0.3 is 5.11 Å². The van der Waals surface area contributed by atoms with Gasteiger partial charge in [-0.15, -0.1) is 0 Å². The molecular formula is C11H12F2O. The molecule has 0 bridgehead atoms. The molecule has 0 fully saturated rings. The van der Waals surface area contributed by atoms with Crippen LogP contribution < -0.4 is 0 Å². The molecule has 1 nitrogen and oxygen atoms in total. The summed E-state index contributed by atoms with van der Waals surface area (Å²) in [6.07, 6.45) is -1.07. The number of aliphatic hydroxyl groups excluding tert-OH is 1. The van der Waals surface area contributed by atoms with Gasteiger partial charge in [-0.05, 0) is 31.1 Å². The lowest BCUT2D eigenvalue weighted by molar-refractivity contribution is 0.210. The van der Waals surface area contributed by atoms with E-state index in [0.717, 1.165) is 6.07 Å². The van der Waals surface area contributed by atoms with Crippen molar-refractivity contribution in [3.05, 3.63) is 47.0 Å². The first-order valence-electron chi connectivity index (χ1n) is 4.22. The van der Waals surface area contributed by atoms with Gasteiger partial charge in [0.25, 0.3) is 0 Å². The molecule has 0 heterocycles. The Hall–Kier alpha value is -1.22. The second-order valence-corrected chi connectivity index (χ2v) is 3.37. The summed E-state index contributed by atoms with van der Waals surface area (Å²) in [6.45, 7) is 6.62. The molecule has 0 aliphatic heterocycles. The van der Waals surface area contributed by atoms with E-state index in [1.165, 1.54) is 13.0 Å². The lowest BCUT2D eigenvalue weighted by atomic mass is 10.0. The normalized spacial score (nSPS) is 12.6. The highest BCUT2D eigenvalue weighted by Crippen LogP contribution is 2.24. The molecule has 1 aromatic carbocycles. The van der Waals surface area contributed by atoms with Crippen LogP contribution in [0.2, 0.25) is 0 Å². The summed E-state index contributed by atoms with van der Waals surface area (Å²) in [7, 11) is 0. The molecule has 3 heteroatoms. The number of aryl methyl sites for hydroxylation is 1. The molecule has 14 heavy (non-hydrogen) atoms. The average molecular weight is 198 g/mol. The van der Waals surface area contributed by atoms with E-state index in [-0.39, 0.29) is 5.56 Å². The zero-order valence-corrected chi connectivity index (χ0v) is 8.14. The van der Waals surface area contributed by atoms with Crippen LogP contribution in [0.4, 0.5) is 8.78 Å². The fourth-order valence-corrected chi connectivity index (χ4v) is 1.15. The lowest BCUT2D eigenvalue weighted by Gasteiger charge is -2.12. The number of aliphatic hydroxyl groups is 1. The van der Waals surface area contributed by atoms with Crippen molar-refractivity contribution in [1.82, 2.24) is 0 Å². The molecule has 0 radical (unpaired) electrons. The second kappa shape index (κ2) is 3.88. The monoisotopic (exact) mass is 198 g/mol. The fraction of sp³-hybridized carbons (Fsp3) is 0.273. The standard InChI is InChI=1S/C11H12F2O/c1-6(2)11(14)8-4-7(3)9(12)5-10(8)13/h4-5,11,14H,1H2,2-3H3. The number of benzene rings is 1. The highest BCUT2D eigenvalue weighted by atomic mass is 19.1. The molecule has 1 N–H and O–H groups in total. The summed E-state index contributed by atoms with van der Waals surface area (Å²) < 4.78 is 26.1.